The molecule has 3 aromatic rings. The maximum Gasteiger partial charge on any atom is 0.307 e. The number of benzene rings is 1. The summed E-state index contributed by atoms with van der Waals surface area (Å²) in [6.07, 6.45) is 0.323. The average molecular weight is 385 g/mol. The fourth-order valence-corrected chi connectivity index (χ4v) is 3.44. The average Bonchev–Trinajstić information content (AvgIpc) is 3.02. The van der Waals surface area contributed by atoms with Crippen LogP contribution >= 0.6 is 11.3 Å². The Balaban J connectivity index is 1.43. The van der Waals surface area contributed by atoms with Crippen LogP contribution in [0.2, 0.25) is 0 Å². The molecule has 1 N–H and O–H groups in total. The van der Waals surface area contributed by atoms with Crippen LogP contribution in [0.1, 0.15) is 23.4 Å². The van der Waals surface area contributed by atoms with Crippen LogP contribution in [0, 0.1) is 6.92 Å². The molecule has 0 fully saturated rings. The first-order valence-electron chi connectivity index (χ1n) is 8.46. The van der Waals surface area contributed by atoms with E-state index in [-0.39, 0.29) is 37.5 Å². The number of thiazole rings is 1. The largest absolute Gasteiger partial charge is 0.459 e. The van der Waals surface area contributed by atoms with Crippen LogP contribution in [0.15, 0.2) is 46.6 Å². The van der Waals surface area contributed by atoms with E-state index in [0.717, 1.165) is 11.3 Å². The van der Waals surface area contributed by atoms with Crippen LogP contribution in [0.5, 0.6) is 0 Å². The van der Waals surface area contributed by atoms with Crippen LogP contribution in [0.4, 0.5) is 0 Å². The molecule has 0 radical (unpaired) electrons. The van der Waals surface area contributed by atoms with E-state index in [2.05, 4.69) is 10.3 Å². The molecule has 27 heavy (non-hydrogen) atoms. The number of nitrogens with one attached hydrogen (secondary N) is 1. The van der Waals surface area contributed by atoms with E-state index in [1.165, 1.54) is 21.8 Å². The van der Waals surface area contributed by atoms with Gasteiger partial charge in [0, 0.05) is 23.7 Å². The maximum atomic E-state index is 12.1. The molecule has 8 heteroatoms. The lowest BCUT2D eigenvalue weighted by molar-refractivity contribution is -0.145. The van der Waals surface area contributed by atoms with Crippen molar-refractivity contribution in [2.24, 2.45) is 0 Å². The van der Waals surface area contributed by atoms with Crippen molar-refractivity contribution in [3.8, 4) is 0 Å². The Bertz CT molecular complexity index is 1010. The second-order valence-electron chi connectivity index (χ2n) is 6.00. The molecule has 0 bridgehead atoms. The zero-order valence-corrected chi connectivity index (χ0v) is 15.6. The highest BCUT2D eigenvalue weighted by Gasteiger charge is 2.10. The van der Waals surface area contributed by atoms with Crippen molar-refractivity contribution in [2.75, 3.05) is 6.54 Å². The SMILES string of the molecule is Cc1csc2nc(COC(=O)CCNC(=O)Cc3ccccc3)cc(=O)n12. The molecule has 1 amide bonds. The van der Waals surface area contributed by atoms with Crippen molar-refractivity contribution >= 4 is 28.2 Å². The molecule has 140 valence electrons. The summed E-state index contributed by atoms with van der Waals surface area (Å²) < 4.78 is 6.65. The van der Waals surface area contributed by atoms with Crippen LogP contribution in [0.3, 0.4) is 0 Å². The summed E-state index contributed by atoms with van der Waals surface area (Å²) in [5, 5.41) is 4.53. The van der Waals surface area contributed by atoms with E-state index < -0.39 is 5.97 Å². The van der Waals surface area contributed by atoms with Crippen molar-refractivity contribution in [3.05, 3.63) is 69.1 Å². The number of aromatic nitrogens is 2. The number of amides is 1. The van der Waals surface area contributed by atoms with Crippen LogP contribution < -0.4 is 10.9 Å². The predicted octanol–water partition coefficient (Wildman–Crippen LogP) is 1.86. The summed E-state index contributed by atoms with van der Waals surface area (Å²) in [5.41, 5.74) is 1.94. The quantitative estimate of drug-likeness (QED) is 0.627. The first kappa shape index (κ1) is 18.8. The molecule has 0 unspecified atom stereocenters. The lowest BCUT2D eigenvalue weighted by Gasteiger charge is -2.07. The van der Waals surface area contributed by atoms with Gasteiger partial charge in [0.2, 0.25) is 5.91 Å². The van der Waals surface area contributed by atoms with Crippen molar-refractivity contribution < 1.29 is 14.3 Å². The van der Waals surface area contributed by atoms with Gasteiger partial charge in [-0.2, -0.15) is 0 Å². The van der Waals surface area contributed by atoms with Gasteiger partial charge < -0.3 is 10.1 Å². The normalized spacial score (nSPS) is 10.7. The number of rotatable bonds is 7. The van der Waals surface area contributed by atoms with Crippen LogP contribution in [-0.2, 0) is 27.4 Å². The number of ether oxygens (including phenoxy) is 1. The zero-order chi connectivity index (χ0) is 19.2. The summed E-state index contributed by atoms with van der Waals surface area (Å²) in [4.78, 5) is 40.6. The molecule has 0 saturated carbocycles. The molecule has 2 aromatic heterocycles. The third-order valence-electron chi connectivity index (χ3n) is 3.87. The van der Waals surface area contributed by atoms with Crippen LogP contribution in [-0.4, -0.2) is 27.8 Å². The lowest BCUT2D eigenvalue weighted by atomic mass is 10.1. The van der Waals surface area contributed by atoms with E-state index in [1.54, 1.807) is 0 Å². The van der Waals surface area contributed by atoms with Crippen LogP contribution in [0.25, 0.3) is 4.96 Å². The number of esters is 1. The fourth-order valence-electron chi connectivity index (χ4n) is 2.55. The molecule has 7 nitrogen and oxygen atoms in total. The molecule has 1 aromatic carbocycles. The minimum Gasteiger partial charge on any atom is -0.459 e. The van der Waals surface area contributed by atoms with E-state index in [9.17, 15) is 14.4 Å². The standard InChI is InChI=1S/C19H19N3O4S/c1-13-12-27-19-21-15(10-17(24)22(13)19)11-26-18(25)7-8-20-16(23)9-14-5-3-2-4-6-14/h2-6,10,12H,7-9,11H2,1H3,(H,20,23). The third-order valence-corrected chi connectivity index (χ3v) is 4.81. The van der Waals surface area contributed by atoms with Crippen molar-refractivity contribution in [1.82, 2.24) is 14.7 Å². The van der Waals surface area contributed by atoms with E-state index in [4.69, 9.17) is 4.74 Å². The van der Waals surface area contributed by atoms with Gasteiger partial charge in [-0.25, -0.2) is 4.98 Å². The number of hydrogen-bond acceptors (Lipinski definition) is 6. The van der Waals surface area contributed by atoms with Gasteiger partial charge in [-0.3, -0.25) is 18.8 Å². The second kappa shape index (κ2) is 8.59. The summed E-state index contributed by atoms with van der Waals surface area (Å²) in [7, 11) is 0. The smallest absolute Gasteiger partial charge is 0.307 e. The highest BCUT2D eigenvalue weighted by molar-refractivity contribution is 7.15. The Kier molecular flexibility index (Phi) is 5.97. The fraction of sp³-hybridized carbons (Fsp3) is 0.263. The number of nitrogens with zero attached hydrogens (tertiary/aromatic N) is 2. The Labute approximate surface area is 159 Å². The number of carbonyl (C=O) groups is 2. The molecular formula is C19H19N3O4S. The van der Waals surface area contributed by atoms with Gasteiger partial charge in [-0.15, -0.1) is 11.3 Å². The first-order chi connectivity index (χ1) is 13.0. The molecular weight excluding hydrogens is 366 g/mol. The van der Waals surface area contributed by atoms with Gasteiger partial charge in [0.25, 0.3) is 5.56 Å². The van der Waals surface area contributed by atoms with Crippen molar-refractivity contribution in [3.63, 3.8) is 0 Å². The molecule has 0 atom stereocenters. The number of hydrogen-bond donors (Lipinski definition) is 1. The molecule has 0 spiro atoms. The Morgan fingerprint density at radius 1 is 1.26 bits per heavy atom. The van der Waals surface area contributed by atoms with Gasteiger partial charge >= 0.3 is 5.97 Å². The van der Waals surface area contributed by atoms with E-state index in [0.29, 0.717) is 10.7 Å². The molecule has 2 heterocycles. The Morgan fingerprint density at radius 3 is 2.81 bits per heavy atom. The van der Waals surface area contributed by atoms with Gasteiger partial charge in [0.1, 0.15) is 6.61 Å². The summed E-state index contributed by atoms with van der Waals surface area (Å²) in [6, 6.07) is 10.7. The zero-order valence-electron chi connectivity index (χ0n) is 14.8. The predicted molar refractivity (Wildman–Crippen MR) is 102 cm³/mol. The topological polar surface area (TPSA) is 89.8 Å². The highest BCUT2D eigenvalue weighted by Crippen LogP contribution is 2.11. The van der Waals surface area contributed by atoms with Gasteiger partial charge in [-0.05, 0) is 12.5 Å². The van der Waals surface area contributed by atoms with E-state index >= 15 is 0 Å². The molecule has 3 rings (SSSR count). The minimum atomic E-state index is -0.459. The Hall–Kier alpha value is -3.00. The molecule has 0 aliphatic carbocycles. The lowest BCUT2D eigenvalue weighted by Crippen LogP contribution is -2.28. The number of aryl methyl sites for hydroxylation is 1. The summed E-state index contributed by atoms with van der Waals surface area (Å²) in [5.74, 6) is -0.610. The summed E-state index contributed by atoms with van der Waals surface area (Å²) in [6.45, 7) is 1.96. The Morgan fingerprint density at radius 2 is 2.04 bits per heavy atom. The maximum absolute atomic E-state index is 12.1. The molecule has 0 aliphatic rings. The van der Waals surface area contributed by atoms with Gasteiger partial charge in [0.05, 0.1) is 18.5 Å². The number of fused-ring (bicyclic) bond motifs is 1. The molecule has 0 saturated heterocycles. The first-order valence-corrected chi connectivity index (χ1v) is 9.34. The summed E-state index contributed by atoms with van der Waals surface area (Å²) >= 11 is 1.36. The van der Waals surface area contributed by atoms with Crippen molar-refractivity contribution in [1.29, 1.82) is 0 Å². The minimum absolute atomic E-state index is 0.0554. The van der Waals surface area contributed by atoms with E-state index in [1.807, 2.05) is 42.6 Å². The van der Waals surface area contributed by atoms with Gasteiger partial charge in [0.15, 0.2) is 4.96 Å². The highest BCUT2D eigenvalue weighted by atomic mass is 32.1. The second-order valence-corrected chi connectivity index (χ2v) is 6.84. The third kappa shape index (κ3) is 5.01. The monoisotopic (exact) mass is 385 g/mol. The molecule has 0 aliphatic heterocycles. The van der Waals surface area contributed by atoms with Crippen molar-refractivity contribution in [2.45, 2.75) is 26.4 Å². The van der Waals surface area contributed by atoms with Gasteiger partial charge in [-0.1, -0.05) is 30.3 Å². The number of carbonyl (C=O) groups excluding carboxylic acids is 2.